The number of nitrogens with zero attached hydrogens (tertiary/aromatic N) is 8. The average Bonchev–Trinajstić information content (AvgIpc) is 3.18. The van der Waals surface area contributed by atoms with Gasteiger partial charge in [0.2, 0.25) is 35.7 Å². The molecule has 3 aromatic carbocycles. The molecule has 2 saturated heterocycles. The first-order chi connectivity index (χ1) is 26.9. The Labute approximate surface area is 321 Å². The highest BCUT2D eigenvalue weighted by Gasteiger charge is 2.21. The molecule has 0 amide bonds. The van der Waals surface area contributed by atoms with Crippen molar-refractivity contribution in [2.24, 2.45) is 0 Å². The van der Waals surface area contributed by atoms with Gasteiger partial charge in [0.05, 0.1) is 26.4 Å². The number of rotatable bonds is 12. The summed E-state index contributed by atoms with van der Waals surface area (Å²) in [6.45, 7) is 4.12. The van der Waals surface area contributed by atoms with Gasteiger partial charge in [0.15, 0.2) is 0 Å². The Balaban J connectivity index is 1.15. The number of nitrogens with two attached hydrogens (primary N) is 1. The van der Waals surface area contributed by atoms with E-state index in [0.717, 1.165) is 11.8 Å². The molecular weight excluding hydrogens is 769 g/mol. The number of morpholine rings is 2. The maximum absolute atomic E-state index is 12.6. The Morgan fingerprint density at radius 3 is 1.46 bits per heavy atom. The van der Waals surface area contributed by atoms with E-state index in [1.807, 2.05) is 40.1 Å². The predicted octanol–water partition coefficient (Wildman–Crippen LogP) is 3.21. The first kappa shape index (κ1) is 38.2. The number of benzene rings is 3. The minimum absolute atomic E-state index is 0.00461. The second-order valence-electron chi connectivity index (χ2n) is 12.3. The fourth-order valence-electron chi connectivity index (χ4n) is 5.76. The highest BCUT2D eigenvalue weighted by Crippen LogP contribution is 2.29. The van der Waals surface area contributed by atoms with E-state index < -0.39 is 30.0 Å². The molecule has 7 rings (SSSR count). The van der Waals surface area contributed by atoms with Gasteiger partial charge in [0.25, 0.3) is 20.2 Å². The minimum atomic E-state index is -4.82. The molecule has 0 unspecified atom stereocenters. The molecule has 7 N–H and O–H groups in total. The lowest BCUT2D eigenvalue weighted by molar-refractivity contribution is 0.122. The van der Waals surface area contributed by atoms with E-state index in [2.05, 4.69) is 45.9 Å². The van der Waals surface area contributed by atoms with Crippen LogP contribution in [0, 0.1) is 0 Å². The maximum atomic E-state index is 12.6. The normalized spacial score (nSPS) is 15.2. The van der Waals surface area contributed by atoms with Crippen molar-refractivity contribution in [2.75, 3.05) is 84.1 Å². The Morgan fingerprint density at radius 1 is 0.571 bits per heavy atom. The smallest absolute Gasteiger partial charge is 0.295 e. The lowest BCUT2D eigenvalue weighted by Gasteiger charge is -2.27. The summed E-state index contributed by atoms with van der Waals surface area (Å²) in [4.78, 5) is 29.0. The molecule has 0 radical (unpaired) electrons. The zero-order chi connectivity index (χ0) is 39.3. The van der Waals surface area contributed by atoms with Crippen LogP contribution in [0.1, 0.15) is 11.1 Å². The number of nitrogens with one attached hydrogen (secondary N) is 3. The van der Waals surface area contributed by atoms with Gasteiger partial charge in [-0.3, -0.25) is 9.11 Å². The molecule has 56 heavy (non-hydrogen) atoms. The molecule has 0 atom stereocenters. The van der Waals surface area contributed by atoms with Crippen molar-refractivity contribution in [3.63, 3.8) is 0 Å². The monoisotopic (exact) mass is 804 g/mol. The molecule has 2 fully saturated rings. The van der Waals surface area contributed by atoms with Crippen LogP contribution >= 0.6 is 0 Å². The first-order valence-corrected chi connectivity index (χ1v) is 20.0. The molecule has 20 nitrogen and oxygen atoms in total. The summed E-state index contributed by atoms with van der Waals surface area (Å²) in [5, 5.41) is 9.02. The fourth-order valence-corrected chi connectivity index (χ4v) is 7.18. The van der Waals surface area contributed by atoms with Crippen LogP contribution in [0.25, 0.3) is 12.2 Å². The minimum Gasteiger partial charge on any atom is -0.378 e. The molecule has 2 aliphatic rings. The second-order valence-corrected chi connectivity index (χ2v) is 15.1. The van der Waals surface area contributed by atoms with E-state index in [0.29, 0.717) is 64.5 Å². The van der Waals surface area contributed by atoms with Crippen LogP contribution in [0.15, 0.2) is 76.5 Å². The molecule has 0 aliphatic carbocycles. The third kappa shape index (κ3) is 9.60. The number of hydrogen-bond acceptors (Lipinski definition) is 18. The third-order valence-electron chi connectivity index (χ3n) is 8.42. The number of aromatic nitrogens is 6. The highest BCUT2D eigenvalue weighted by molar-refractivity contribution is 7.86. The summed E-state index contributed by atoms with van der Waals surface area (Å²) in [5.41, 5.74) is 7.06. The molecule has 2 aliphatic heterocycles. The van der Waals surface area contributed by atoms with Crippen molar-refractivity contribution < 1.29 is 35.4 Å². The quantitative estimate of drug-likeness (QED) is 0.0780. The van der Waals surface area contributed by atoms with Crippen LogP contribution in [-0.2, 0) is 29.7 Å². The van der Waals surface area contributed by atoms with Crippen LogP contribution in [-0.4, -0.2) is 108 Å². The summed E-state index contributed by atoms with van der Waals surface area (Å²) in [5.74, 6) is 0.969. The van der Waals surface area contributed by atoms with Gasteiger partial charge in [-0.2, -0.15) is 46.7 Å². The average molecular weight is 805 g/mol. The van der Waals surface area contributed by atoms with Crippen molar-refractivity contribution in [1.29, 1.82) is 0 Å². The molecule has 292 valence electrons. The van der Waals surface area contributed by atoms with Gasteiger partial charge in [-0.25, -0.2) is 0 Å². The van der Waals surface area contributed by atoms with Crippen molar-refractivity contribution in [1.82, 2.24) is 29.9 Å². The largest absolute Gasteiger partial charge is 0.378 e. The lowest BCUT2D eigenvalue weighted by Crippen LogP contribution is -2.37. The number of hydrogen-bond donors (Lipinski definition) is 6. The van der Waals surface area contributed by atoms with Crippen LogP contribution in [0.4, 0.5) is 52.8 Å². The Kier molecular flexibility index (Phi) is 11.2. The zero-order valence-corrected chi connectivity index (χ0v) is 31.1. The fraction of sp³-hybridized carbons (Fsp3) is 0.235. The standard InChI is InChI=1S/C34H36N12O8S2/c35-29-39-30(42-33(40-29)45-12-16-53-17-13-45)37-25-10-8-22(27(20-25)55(47,48)49)6-7-23-9-11-26(21-28(23)56(50,51)52)38-32-41-31(36-24-4-2-1-3-5-24)43-34(44-32)46-14-18-54-19-15-46/h1-11,20-21H,12-19H2,(H,47,48,49)(H,50,51,52)(H3,35,37,39,40,42)(H2,36,38,41,43,44)/b7-6+. The summed E-state index contributed by atoms with van der Waals surface area (Å²) in [6, 6.07) is 17.4. The van der Waals surface area contributed by atoms with Crippen LogP contribution in [0.2, 0.25) is 0 Å². The van der Waals surface area contributed by atoms with Gasteiger partial charge < -0.3 is 41.0 Å². The van der Waals surface area contributed by atoms with E-state index in [1.54, 1.807) is 0 Å². The number of anilines is 9. The molecule has 0 saturated carbocycles. The second kappa shape index (κ2) is 16.4. The molecular formula is C34H36N12O8S2. The first-order valence-electron chi connectivity index (χ1n) is 17.1. The molecule has 0 spiro atoms. The van der Waals surface area contributed by atoms with E-state index in [-0.39, 0.29) is 46.3 Å². The number of para-hydroxylation sites is 1. The zero-order valence-electron chi connectivity index (χ0n) is 29.5. The topological polar surface area (TPSA) is 273 Å². The van der Waals surface area contributed by atoms with Gasteiger partial charge in [0, 0.05) is 43.2 Å². The predicted molar refractivity (Wildman–Crippen MR) is 208 cm³/mol. The summed E-state index contributed by atoms with van der Waals surface area (Å²) < 4.78 is 81.5. The van der Waals surface area contributed by atoms with Gasteiger partial charge in [0.1, 0.15) is 9.79 Å². The maximum Gasteiger partial charge on any atom is 0.295 e. The summed E-state index contributed by atoms with van der Waals surface area (Å²) >= 11 is 0. The van der Waals surface area contributed by atoms with Crippen molar-refractivity contribution in [3.05, 3.63) is 77.9 Å². The summed E-state index contributed by atoms with van der Waals surface area (Å²) in [7, 11) is -9.62. The van der Waals surface area contributed by atoms with Gasteiger partial charge in [-0.15, -0.1) is 0 Å². The third-order valence-corrected chi connectivity index (χ3v) is 10.2. The van der Waals surface area contributed by atoms with Gasteiger partial charge in [-0.05, 0) is 47.5 Å². The van der Waals surface area contributed by atoms with Crippen molar-refractivity contribution in [2.45, 2.75) is 9.79 Å². The van der Waals surface area contributed by atoms with Crippen LogP contribution < -0.4 is 31.5 Å². The van der Waals surface area contributed by atoms with Gasteiger partial charge >= 0.3 is 0 Å². The highest BCUT2D eigenvalue weighted by atomic mass is 32.2. The SMILES string of the molecule is Nc1nc(Nc2ccc(/C=C/c3ccc(Nc4nc(Nc5ccccc5)nc(N5CCOCC5)n4)cc3S(=O)(=O)O)c(S(=O)(=O)O)c2)nc(N2CCOCC2)n1. The Hall–Kier alpha value is -6.04. The van der Waals surface area contributed by atoms with Crippen molar-refractivity contribution in [3.8, 4) is 0 Å². The van der Waals surface area contributed by atoms with Crippen LogP contribution in [0.5, 0.6) is 0 Å². The van der Waals surface area contributed by atoms with E-state index >= 15 is 0 Å². The van der Waals surface area contributed by atoms with E-state index in [9.17, 15) is 25.9 Å². The Bertz CT molecular complexity index is 2470. The summed E-state index contributed by atoms with van der Waals surface area (Å²) in [6.07, 6.45) is 2.57. The van der Waals surface area contributed by atoms with Crippen molar-refractivity contribution >= 4 is 85.1 Å². The Morgan fingerprint density at radius 2 is 1.00 bits per heavy atom. The van der Waals surface area contributed by atoms with Crippen LogP contribution in [0.3, 0.4) is 0 Å². The molecule has 5 aromatic rings. The molecule has 2 aromatic heterocycles. The van der Waals surface area contributed by atoms with Gasteiger partial charge in [-0.1, -0.05) is 42.5 Å². The molecule has 4 heterocycles. The lowest BCUT2D eigenvalue weighted by atomic mass is 10.1. The van der Waals surface area contributed by atoms with E-state index in [1.165, 1.54) is 42.5 Å². The number of ether oxygens (including phenoxy) is 2. The molecule has 0 bridgehead atoms. The van der Waals surface area contributed by atoms with E-state index in [4.69, 9.17) is 15.2 Å². The number of nitrogen functional groups attached to an aromatic ring is 1. The molecule has 22 heteroatoms.